The van der Waals surface area contributed by atoms with Crippen LogP contribution in [0.3, 0.4) is 0 Å². The predicted molar refractivity (Wildman–Crippen MR) is 65.7 cm³/mol. The molecule has 1 heterocycles. The van der Waals surface area contributed by atoms with Crippen LogP contribution in [0.15, 0.2) is 18.2 Å². The van der Waals surface area contributed by atoms with Crippen LogP contribution in [0.5, 0.6) is 0 Å². The van der Waals surface area contributed by atoms with Crippen LogP contribution >= 0.6 is 0 Å². The highest BCUT2D eigenvalue weighted by Crippen LogP contribution is 2.45. The molecular weight excluding hydrogens is 232 g/mol. The highest BCUT2D eigenvalue weighted by Gasteiger charge is 2.45. The van der Waals surface area contributed by atoms with Crippen molar-refractivity contribution in [2.75, 3.05) is 6.61 Å². The van der Waals surface area contributed by atoms with E-state index in [0.29, 0.717) is 5.52 Å². The van der Waals surface area contributed by atoms with Gasteiger partial charge < -0.3 is 14.8 Å². The molecule has 0 radical (unpaired) electrons. The molecule has 0 unspecified atom stereocenters. The van der Waals surface area contributed by atoms with Crippen LogP contribution in [0.2, 0.25) is 0 Å². The van der Waals surface area contributed by atoms with E-state index in [9.17, 15) is 9.90 Å². The molecule has 0 aliphatic heterocycles. The van der Waals surface area contributed by atoms with Crippen molar-refractivity contribution in [3.05, 3.63) is 29.6 Å². The van der Waals surface area contributed by atoms with Gasteiger partial charge in [0.2, 0.25) is 0 Å². The van der Waals surface area contributed by atoms with Crippen LogP contribution in [0.1, 0.15) is 29.0 Å². The van der Waals surface area contributed by atoms with E-state index >= 15 is 0 Å². The lowest BCUT2D eigenvalue weighted by atomic mass is 10.2. The lowest BCUT2D eigenvalue weighted by molar-refractivity contribution is 0.0697. The minimum absolute atomic E-state index is 0.0972. The van der Waals surface area contributed by atoms with Gasteiger partial charge in [-0.15, -0.1) is 0 Å². The summed E-state index contributed by atoms with van der Waals surface area (Å²) < 4.78 is 2.04. The van der Waals surface area contributed by atoms with Crippen LogP contribution in [0, 0.1) is 6.92 Å². The highest BCUT2D eigenvalue weighted by molar-refractivity contribution is 5.92. The average molecular weight is 246 g/mol. The quantitative estimate of drug-likeness (QED) is 0.861. The molecule has 1 saturated carbocycles. The minimum Gasteiger partial charge on any atom is -0.478 e. The van der Waals surface area contributed by atoms with E-state index in [1.165, 1.54) is 0 Å². The fraction of sp³-hybridized carbons (Fsp3) is 0.385. The number of fused-ring (bicyclic) bond motifs is 1. The summed E-state index contributed by atoms with van der Waals surface area (Å²) in [5.74, 6) is -0.133. The van der Waals surface area contributed by atoms with E-state index in [2.05, 4.69) is 4.98 Å². The van der Waals surface area contributed by atoms with Gasteiger partial charge in [0.15, 0.2) is 0 Å². The molecule has 5 heteroatoms. The van der Waals surface area contributed by atoms with Gasteiger partial charge in [0, 0.05) is 0 Å². The normalized spacial score (nSPS) is 17.0. The third-order valence-electron chi connectivity index (χ3n) is 3.66. The van der Waals surface area contributed by atoms with Crippen molar-refractivity contribution in [1.29, 1.82) is 0 Å². The van der Waals surface area contributed by atoms with Gasteiger partial charge in [-0.2, -0.15) is 0 Å². The Balaban J connectivity index is 2.22. The fourth-order valence-corrected chi connectivity index (χ4v) is 2.53. The first-order valence-corrected chi connectivity index (χ1v) is 5.91. The Bertz CT molecular complexity index is 641. The lowest BCUT2D eigenvalue weighted by Gasteiger charge is -2.17. The number of carboxylic acids is 1. The molecule has 2 aromatic rings. The Kier molecular flexibility index (Phi) is 2.22. The summed E-state index contributed by atoms with van der Waals surface area (Å²) in [5.41, 5.74) is 1.58. The van der Waals surface area contributed by atoms with E-state index in [1.54, 1.807) is 18.2 Å². The molecule has 1 aliphatic rings. The molecule has 5 nitrogen and oxygen atoms in total. The maximum Gasteiger partial charge on any atom is 0.335 e. The first-order chi connectivity index (χ1) is 8.57. The number of rotatable bonds is 3. The SMILES string of the molecule is Cc1nc2cc(C(=O)O)ccc2n1C1(CO)CC1. The predicted octanol–water partition coefficient (Wildman–Crippen LogP) is 1.52. The number of aromatic carboxylic acids is 1. The zero-order valence-corrected chi connectivity index (χ0v) is 10.1. The molecule has 1 aromatic carbocycles. The molecule has 1 aromatic heterocycles. The van der Waals surface area contributed by atoms with Gasteiger partial charge in [0.1, 0.15) is 5.82 Å². The third kappa shape index (κ3) is 1.44. The number of aliphatic hydroxyl groups excluding tert-OH is 1. The topological polar surface area (TPSA) is 75.3 Å². The first kappa shape index (κ1) is 11.2. The maximum absolute atomic E-state index is 10.9. The minimum atomic E-state index is -0.951. The Morgan fingerprint density at radius 2 is 2.22 bits per heavy atom. The van der Waals surface area contributed by atoms with Crippen molar-refractivity contribution in [2.45, 2.75) is 25.3 Å². The maximum atomic E-state index is 10.9. The molecule has 0 atom stereocenters. The van der Waals surface area contributed by atoms with Crippen molar-refractivity contribution in [3.8, 4) is 0 Å². The van der Waals surface area contributed by atoms with Gasteiger partial charge >= 0.3 is 5.97 Å². The van der Waals surface area contributed by atoms with E-state index in [4.69, 9.17) is 5.11 Å². The standard InChI is InChI=1S/C13H14N2O3/c1-8-14-10-6-9(12(17)18)2-3-11(10)15(8)13(7-16)4-5-13/h2-3,6,16H,4-5,7H2,1H3,(H,17,18). The second-order valence-corrected chi connectivity index (χ2v) is 4.89. The van der Waals surface area contributed by atoms with E-state index in [1.807, 2.05) is 11.5 Å². The van der Waals surface area contributed by atoms with E-state index < -0.39 is 5.97 Å². The molecule has 3 rings (SSSR count). The molecule has 0 saturated heterocycles. The zero-order valence-electron chi connectivity index (χ0n) is 10.1. The Morgan fingerprint density at radius 3 is 2.78 bits per heavy atom. The van der Waals surface area contributed by atoms with E-state index in [-0.39, 0.29) is 17.7 Å². The Labute approximate surface area is 104 Å². The number of benzene rings is 1. The Hall–Kier alpha value is -1.88. The van der Waals surface area contributed by atoms with Crippen molar-refractivity contribution in [1.82, 2.24) is 9.55 Å². The number of carboxylic acid groups (broad SMARTS) is 1. The molecule has 0 bridgehead atoms. The summed E-state index contributed by atoms with van der Waals surface area (Å²) >= 11 is 0. The summed E-state index contributed by atoms with van der Waals surface area (Å²) in [4.78, 5) is 15.3. The average Bonchev–Trinajstić information content (AvgIpc) is 3.05. The van der Waals surface area contributed by atoms with Crippen LogP contribution in [-0.2, 0) is 5.54 Å². The Morgan fingerprint density at radius 1 is 1.50 bits per heavy atom. The van der Waals surface area contributed by atoms with Crippen LogP contribution in [-0.4, -0.2) is 32.3 Å². The number of aryl methyl sites for hydroxylation is 1. The number of imidazole rings is 1. The van der Waals surface area contributed by atoms with Gasteiger partial charge in [-0.3, -0.25) is 0 Å². The van der Waals surface area contributed by atoms with Gasteiger partial charge in [-0.05, 0) is 38.0 Å². The van der Waals surface area contributed by atoms with E-state index in [0.717, 1.165) is 24.2 Å². The summed E-state index contributed by atoms with van der Waals surface area (Å²) in [6.07, 6.45) is 1.88. The lowest BCUT2D eigenvalue weighted by Crippen LogP contribution is -2.22. The van der Waals surface area contributed by atoms with Crippen molar-refractivity contribution in [3.63, 3.8) is 0 Å². The number of nitrogens with zero attached hydrogens (tertiary/aromatic N) is 2. The second-order valence-electron chi connectivity index (χ2n) is 4.89. The van der Waals surface area contributed by atoms with Crippen molar-refractivity contribution in [2.24, 2.45) is 0 Å². The highest BCUT2D eigenvalue weighted by atomic mass is 16.4. The number of aromatic nitrogens is 2. The summed E-state index contributed by atoms with van der Waals surface area (Å²) in [7, 11) is 0. The van der Waals surface area contributed by atoms with Crippen molar-refractivity contribution >= 4 is 17.0 Å². The molecule has 18 heavy (non-hydrogen) atoms. The zero-order chi connectivity index (χ0) is 12.9. The number of hydrogen-bond acceptors (Lipinski definition) is 3. The number of hydrogen-bond donors (Lipinski definition) is 2. The van der Waals surface area contributed by atoms with Gasteiger partial charge in [-0.25, -0.2) is 9.78 Å². The summed E-state index contributed by atoms with van der Waals surface area (Å²) in [6.45, 7) is 1.98. The summed E-state index contributed by atoms with van der Waals surface area (Å²) in [6, 6.07) is 4.93. The number of aliphatic hydroxyl groups is 1. The summed E-state index contributed by atoms with van der Waals surface area (Å²) in [5, 5.41) is 18.5. The second kappa shape index (κ2) is 3.55. The van der Waals surface area contributed by atoms with Gasteiger partial charge in [0.05, 0.1) is 28.7 Å². The largest absolute Gasteiger partial charge is 0.478 e. The molecule has 1 aliphatic carbocycles. The van der Waals surface area contributed by atoms with Crippen molar-refractivity contribution < 1.29 is 15.0 Å². The van der Waals surface area contributed by atoms with Crippen LogP contribution < -0.4 is 0 Å². The molecule has 2 N–H and O–H groups in total. The molecule has 0 spiro atoms. The smallest absolute Gasteiger partial charge is 0.335 e. The van der Waals surface area contributed by atoms with Crippen LogP contribution in [0.4, 0.5) is 0 Å². The molecule has 94 valence electrons. The number of carbonyl (C=O) groups is 1. The molecule has 1 fully saturated rings. The molecule has 0 amide bonds. The van der Waals surface area contributed by atoms with Gasteiger partial charge in [0.25, 0.3) is 0 Å². The fourth-order valence-electron chi connectivity index (χ4n) is 2.53. The molecular formula is C13H14N2O3. The third-order valence-corrected chi connectivity index (χ3v) is 3.66. The monoisotopic (exact) mass is 246 g/mol. The first-order valence-electron chi connectivity index (χ1n) is 5.91. The van der Waals surface area contributed by atoms with Gasteiger partial charge in [-0.1, -0.05) is 0 Å². The van der Waals surface area contributed by atoms with Crippen LogP contribution in [0.25, 0.3) is 11.0 Å².